The van der Waals surface area contributed by atoms with Gasteiger partial charge in [-0.25, -0.2) is 0 Å². The van der Waals surface area contributed by atoms with E-state index in [0.717, 1.165) is 49.2 Å². The van der Waals surface area contributed by atoms with E-state index in [2.05, 4.69) is 29.9 Å². The molecule has 0 radical (unpaired) electrons. The summed E-state index contributed by atoms with van der Waals surface area (Å²) in [5.74, 6) is 1.16. The van der Waals surface area contributed by atoms with Gasteiger partial charge in [0.05, 0.1) is 11.8 Å². The molecule has 1 rings (SSSR count). The van der Waals surface area contributed by atoms with Crippen molar-refractivity contribution in [3.63, 3.8) is 0 Å². The first kappa shape index (κ1) is 15.6. The average molecular weight is 270 g/mol. The van der Waals surface area contributed by atoms with Gasteiger partial charge in [0, 0.05) is 17.8 Å². The average Bonchev–Trinajstić information content (AvgIpc) is 2.75. The van der Waals surface area contributed by atoms with Crippen LogP contribution in [-0.4, -0.2) is 26.9 Å². The van der Waals surface area contributed by atoms with Gasteiger partial charge < -0.3 is 5.11 Å². The molecule has 0 spiro atoms. The third-order valence-corrected chi connectivity index (χ3v) is 3.98. The van der Waals surface area contributed by atoms with Crippen LogP contribution in [0.2, 0.25) is 0 Å². The molecule has 0 saturated heterocycles. The van der Waals surface area contributed by atoms with Crippen LogP contribution in [0, 0.1) is 0 Å². The molecule has 0 bridgehead atoms. The van der Waals surface area contributed by atoms with Gasteiger partial charge in [-0.3, -0.25) is 4.68 Å². The predicted molar refractivity (Wildman–Crippen MR) is 79.2 cm³/mol. The number of thioether (sulfide) groups is 1. The van der Waals surface area contributed by atoms with Crippen molar-refractivity contribution in [3.8, 4) is 0 Å². The summed E-state index contributed by atoms with van der Waals surface area (Å²) in [7, 11) is 0. The summed E-state index contributed by atoms with van der Waals surface area (Å²) in [6.07, 6.45) is 5.52. The Morgan fingerprint density at radius 1 is 1.28 bits per heavy atom. The minimum absolute atomic E-state index is 0.357. The molecule has 1 atom stereocenters. The maximum atomic E-state index is 10.2. The van der Waals surface area contributed by atoms with Crippen LogP contribution in [0.1, 0.15) is 56.7 Å². The van der Waals surface area contributed by atoms with Crippen LogP contribution in [0.25, 0.3) is 0 Å². The molecular weight excluding hydrogens is 244 g/mol. The van der Waals surface area contributed by atoms with Crippen molar-refractivity contribution >= 4 is 11.8 Å². The number of aryl methyl sites for hydroxylation is 2. The first-order valence-electron chi connectivity index (χ1n) is 6.94. The van der Waals surface area contributed by atoms with Crippen LogP contribution in [0.4, 0.5) is 0 Å². The molecule has 0 saturated carbocycles. The molecule has 1 aromatic heterocycles. The Morgan fingerprint density at radius 3 is 2.50 bits per heavy atom. The standard InChI is InChI=1S/C14H26N2OS/c1-5-11-14(13(17)7-3)12(6-2)16(15-11)9-8-10-18-4/h13,17H,5-10H2,1-4H3. The van der Waals surface area contributed by atoms with E-state index in [4.69, 9.17) is 0 Å². The van der Waals surface area contributed by atoms with E-state index >= 15 is 0 Å². The van der Waals surface area contributed by atoms with Crippen LogP contribution < -0.4 is 0 Å². The number of nitrogens with zero attached hydrogens (tertiary/aromatic N) is 2. The fraction of sp³-hybridized carbons (Fsp3) is 0.786. The summed E-state index contributed by atoms with van der Waals surface area (Å²) in [4.78, 5) is 0. The van der Waals surface area contributed by atoms with Gasteiger partial charge >= 0.3 is 0 Å². The largest absolute Gasteiger partial charge is 0.388 e. The molecule has 0 aliphatic rings. The van der Waals surface area contributed by atoms with Crippen molar-refractivity contribution in [3.05, 3.63) is 17.0 Å². The number of rotatable bonds is 8. The maximum Gasteiger partial charge on any atom is 0.0823 e. The highest BCUT2D eigenvalue weighted by molar-refractivity contribution is 7.98. The van der Waals surface area contributed by atoms with E-state index in [1.54, 1.807) is 0 Å². The van der Waals surface area contributed by atoms with Crippen molar-refractivity contribution in [1.82, 2.24) is 9.78 Å². The summed E-state index contributed by atoms with van der Waals surface area (Å²) in [5, 5.41) is 14.9. The lowest BCUT2D eigenvalue weighted by molar-refractivity contribution is 0.171. The Labute approximate surface area is 115 Å². The zero-order chi connectivity index (χ0) is 13.5. The second-order valence-corrected chi connectivity index (χ2v) is 5.49. The molecule has 1 unspecified atom stereocenters. The minimum atomic E-state index is -0.357. The summed E-state index contributed by atoms with van der Waals surface area (Å²) in [6.45, 7) is 7.25. The lowest BCUT2D eigenvalue weighted by Gasteiger charge is -2.11. The highest BCUT2D eigenvalue weighted by Crippen LogP contribution is 2.26. The minimum Gasteiger partial charge on any atom is -0.388 e. The third-order valence-electron chi connectivity index (χ3n) is 3.28. The quantitative estimate of drug-likeness (QED) is 0.737. The molecule has 0 aromatic carbocycles. The fourth-order valence-electron chi connectivity index (χ4n) is 2.33. The highest BCUT2D eigenvalue weighted by atomic mass is 32.2. The monoisotopic (exact) mass is 270 g/mol. The third kappa shape index (κ3) is 3.51. The van der Waals surface area contributed by atoms with Crippen LogP contribution >= 0.6 is 11.8 Å². The summed E-state index contributed by atoms with van der Waals surface area (Å²) >= 11 is 1.87. The Morgan fingerprint density at radius 2 is 2.00 bits per heavy atom. The normalized spacial score (nSPS) is 12.9. The van der Waals surface area contributed by atoms with Crippen LogP contribution in [0.3, 0.4) is 0 Å². The van der Waals surface area contributed by atoms with Gasteiger partial charge in [-0.2, -0.15) is 16.9 Å². The van der Waals surface area contributed by atoms with E-state index in [9.17, 15) is 5.11 Å². The molecular formula is C14H26N2OS. The number of hydrogen-bond acceptors (Lipinski definition) is 3. The zero-order valence-electron chi connectivity index (χ0n) is 12.1. The SMILES string of the molecule is CCc1nn(CCCSC)c(CC)c1C(O)CC. The van der Waals surface area contributed by atoms with Gasteiger partial charge in [0.25, 0.3) is 0 Å². The summed E-state index contributed by atoms with van der Waals surface area (Å²) < 4.78 is 2.11. The Hall–Kier alpha value is -0.480. The Kier molecular flexibility index (Phi) is 6.79. The summed E-state index contributed by atoms with van der Waals surface area (Å²) in [5.41, 5.74) is 3.39. The molecule has 1 aromatic rings. The van der Waals surface area contributed by atoms with Crippen LogP contribution in [-0.2, 0) is 19.4 Å². The first-order valence-corrected chi connectivity index (χ1v) is 8.34. The molecule has 0 amide bonds. The predicted octanol–water partition coefficient (Wildman–Crippen LogP) is 3.20. The molecule has 0 aliphatic heterocycles. The van der Waals surface area contributed by atoms with Crippen molar-refractivity contribution in [2.24, 2.45) is 0 Å². The van der Waals surface area contributed by atoms with E-state index < -0.39 is 0 Å². The highest BCUT2D eigenvalue weighted by Gasteiger charge is 2.20. The van der Waals surface area contributed by atoms with Gasteiger partial charge in [-0.15, -0.1) is 0 Å². The summed E-state index contributed by atoms with van der Waals surface area (Å²) in [6, 6.07) is 0. The number of hydrogen-bond donors (Lipinski definition) is 1. The molecule has 0 fully saturated rings. The number of aliphatic hydroxyl groups is 1. The topological polar surface area (TPSA) is 38.0 Å². The molecule has 104 valence electrons. The molecule has 3 nitrogen and oxygen atoms in total. The van der Waals surface area contributed by atoms with Gasteiger partial charge in [-0.05, 0) is 37.7 Å². The lowest BCUT2D eigenvalue weighted by Crippen LogP contribution is -2.07. The van der Waals surface area contributed by atoms with E-state index in [1.165, 1.54) is 5.69 Å². The van der Waals surface area contributed by atoms with Crippen molar-refractivity contribution in [1.29, 1.82) is 0 Å². The fourth-order valence-corrected chi connectivity index (χ4v) is 2.75. The van der Waals surface area contributed by atoms with Crippen LogP contribution in [0.5, 0.6) is 0 Å². The number of aromatic nitrogens is 2. The van der Waals surface area contributed by atoms with Crippen molar-refractivity contribution < 1.29 is 5.11 Å². The van der Waals surface area contributed by atoms with Crippen molar-refractivity contribution in [2.75, 3.05) is 12.0 Å². The van der Waals surface area contributed by atoms with Gasteiger partial charge in [0.2, 0.25) is 0 Å². The Bertz CT molecular complexity index is 363. The second-order valence-electron chi connectivity index (χ2n) is 4.51. The Balaban J connectivity index is 3.00. The van der Waals surface area contributed by atoms with Gasteiger partial charge in [0.1, 0.15) is 0 Å². The molecule has 1 N–H and O–H groups in total. The smallest absolute Gasteiger partial charge is 0.0823 e. The van der Waals surface area contributed by atoms with Gasteiger partial charge in [-0.1, -0.05) is 20.8 Å². The van der Waals surface area contributed by atoms with Crippen LogP contribution in [0.15, 0.2) is 0 Å². The zero-order valence-corrected chi connectivity index (χ0v) is 12.9. The number of aliphatic hydroxyl groups excluding tert-OH is 1. The van der Waals surface area contributed by atoms with Gasteiger partial charge in [0.15, 0.2) is 0 Å². The molecule has 1 heterocycles. The second kappa shape index (κ2) is 7.85. The molecule has 18 heavy (non-hydrogen) atoms. The van der Waals surface area contributed by atoms with Crippen molar-refractivity contribution in [2.45, 2.75) is 59.1 Å². The maximum absolute atomic E-state index is 10.2. The van der Waals surface area contributed by atoms with E-state index in [-0.39, 0.29) is 6.10 Å². The first-order chi connectivity index (χ1) is 8.69. The molecule has 4 heteroatoms. The molecule has 0 aliphatic carbocycles. The van der Waals surface area contributed by atoms with E-state index in [1.807, 2.05) is 18.7 Å². The van der Waals surface area contributed by atoms with E-state index in [0.29, 0.717) is 0 Å². The lowest BCUT2D eigenvalue weighted by atomic mass is 10.0.